The maximum Gasteiger partial charge on any atom is 0.142 e. The van der Waals surface area contributed by atoms with Gasteiger partial charge in [0.25, 0.3) is 0 Å². The molecular weight excluding hydrogens is 275 g/mol. The number of unbranched alkanes of at least 4 members (excludes halogenated alkanes) is 6. The Morgan fingerprint density at radius 3 is 2.40 bits per heavy atom. The molecule has 20 heavy (non-hydrogen) atoms. The summed E-state index contributed by atoms with van der Waals surface area (Å²) in [6.45, 7) is 2.21. The molecule has 3 heteroatoms. The first-order valence-corrected chi connectivity index (χ1v) is 7.97. The van der Waals surface area contributed by atoms with Crippen molar-refractivity contribution in [1.29, 1.82) is 0 Å². The van der Waals surface area contributed by atoms with Crippen molar-refractivity contribution in [2.75, 3.05) is 0 Å². The van der Waals surface area contributed by atoms with Crippen LogP contribution in [0.3, 0.4) is 0 Å². The highest BCUT2D eigenvalue weighted by atomic mass is 35.5. The number of hydrogen-bond donors (Lipinski definition) is 0. The predicted molar refractivity (Wildman–Crippen MR) is 82.7 cm³/mol. The Morgan fingerprint density at radius 1 is 1.10 bits per heavy atom. The normalized spacial score (nSPS) is 10.8. The molecule has 0 spiro atoms. The summed E-state index contributed by atoms with van der Waals surface area (Å²) in [4.78, 5) is 11.8. The van der Waals surface area contributed by atoms with Crippen LogP contribution in [0.4, 0.5) is 4.39 Å². The summed E-state index contributed by atoms with van der Waals surface area (Å²) >= 11 is 5.61. The average molecular weight is 299 g/mol. The summed E-state index contributed by atoms with van der Waals surface area (Å²) in [6.07, 6.45) is 9.31. The van der Waals surface area contributed by atoms with Gasteiger partial charge in [0.05, 0.1) is 5.02 Å². The third-order valence-corrected chi connectivity index (χ3v) is 3.75. The van der Waals surface area contributed by atoms with Gasteiger partial charge in [-0.2, -0.15) is 0 Å². The van der Waals surface area contributed by atoms with Crippen LogP contribution in [0.1, 0.15) is 63.9 Å². The smallest absolute Gasteiger partial charge is 0.142 e. The second kappa shape index (κ2) is 9.93. The number of carbonyl (C=O) groups excluding carboxylic acids is 1. The van der Waals surface area contributed by atoms with Crippen molar-refractivity contribution in [3.63, 3.8) is 0 Å². The van der Waals surface area contributed by atoms with Crippen molar-refractivity contribution in [2.45, 2.75) is 64.7 Å². The first kappa shape index (κ1) is 17.2. The zero-order valence-electron chi connectivity index (χ0n) is 12.3. The number of benzene rings is 1. The lowest BCUT2D eigenvalue weighted by atomic mass is 10.0. The fraction of sp³-hybridized carbons (Fsp3) is 0.588. The van der Waals surface area contributed by atoms with Gasteiger partial charge in [-0.15, -0.1) is 0 Å². The Morgan fingerprint density at radius 2 is 1.75 bits per heavy atom. The van der Waals surface area contributed by atoms with E-state index in [2.05, 4.69) is 6.92 Å². The molecule has 1 rings (SSSR count). The molecule has 0 saturated heterocycles. The van der Waals surface area contributed by atoms with E-state index in [0.717, 1.165) is 12.8 Å². The van der Waals surface area contributed by atoms with Crippen molar-refractivity contribution in [3.8, 4) is 0 Å². The Balaban J connectivity index is 2.15. The highest BCUT2D eigenvalue weighted by molar-refractivity contribution is 6.30. The van der Waals surface area contributed by atoms with Crippen LogP contribution in [0.2, 0.25) is 5.02 Å². The predicted octanol–water partition coefficient (Wildman–Crippen LogP) is 5.73. The summed E-state index contributed by atoms with van der Waals surface area (Å²) in [7, 11) is 0. The minimum absolute atomic E-state index is 0.105. The number of ketones is 1. The molecule has 0 aromatic heterocycles. The minimum Gasteiger partial charge on any atom is -0.299 e. The fourth-order valence-electron chi connectivity index (χ4n) is 2.24. The maximum atomic E-state index is 13.2. The van der Waals surface area contributed by atoms with E-state index >= 15 is 0 Å². The molecule has 0 aliphatic carbocycles. The molecule has 0 aliphatic rings. The average Bonchev–Trinajstić information content (AvgIpc) is 2.42. The van der Waals surface area contributed by atoms with E-state index < -0.39 is 5.82 Å². The van der Waals surface area contributed by atoms with Gasteiger partial charge in [-0.3, -0.25) is 4.79 Å². The summed E-state index contributed by atoms with van der Waals surface area (Å²) in [5, 5.41) is 0.105. The van der Waals surface area contributed by atoms with Crippen molar-refractivity contribution in [3.05, 3.63) is 34.6 Å². The van der Waals surface area contributed by atoms with Gasteiger partial charge in [0.15, 0.2) is 0 Å². The summed E-state index contributed by atoms with van der Waals surface area (Å²) in [6, 6.07) is 4.58. The summed E-state index contributed by atoms with van der Waals surface area (Å²) in [5.74, 6) is -0.270. The lowest BCUT2D eigenvalue weighted by Crippen LogP contribution is -2.03. The number of halogens is 2. The zero-order valence-corrected chi connectivity index (χ0v) is 13.0. The monoisotopic (exact) mass is 298 g/mol. The van der Waals surface area contributed by atoms with Crippen LogP contribution in [0.15, 0.2) is 18.2 Å². The first-order chi connectivity index (χ1) is 9.63. The van der Waals surface area contributed by atoms with E-state index in [4.69, 9.17) is 11.6 Å². The molecule has 0 amide bonds. The van der Waals surface area contributed by atoms with Crippen LogP contribution in [-0.4, -0.2) is 5.78 Å². The van der Waals surface area contributed by atoms with Gasteiger partial charge in [0.1, 0.15) is 11.6 Å². The third-order valence-electron chi connectivity index (χ3n) is 3.44. The van der Waals surface area contributed by atoms with Crippen LogP contribution in [0.25, 0.3) is 0 Å². The molecule has 0 aliphatic heterocycles. The second-order valence-corrected chi connectivity index (χ2v) is 5.74. The molecule has 1 aromatic rings. The minimum atomic E-state index is -0.451. The third kappa shape index (κ3) is 7.04. The number of hydrogen-bond acceptors (Lipinski definition) is 1. The van der Waals surface area contributed by atoms with E-state index in [1.165, 1.54) is 44.2 Å². The van der Waals surface area contributed by atoms with Gasteiger partial charge in [0, 0.05) is 12.8 Å². The Hall–Kier alpha value is -0.890. The van der Waals surface area contributed by atoms with Crippen molar-refractivity contribution < 1.29 is 9.18 Å². The Labute approximate surface area is 126 Å². The van der Waals surface area contributed by atoms with Gasteiger partial charge in [-0.05, 0) is 24.1 Å². The van der Waals surface area contributed by atoms with Crippen LogP contribution in [0.5, 0.6) is 0 Å². The molecule has 0 radical (unpaired) electrons. The van der Waals surface area contributed by atoms with Crippen molar-refractivity contribution in [1.82, 2.24) is 0 Å². The molecule has 0 heterocycles. The molecule has 0 atom stereocenters. The van der Waals surface area contributed by atoms with Gasteiger partial charge in [-0.1, -0.05) is 63.1 Å². The largest absolute Gasteiger partial charge is 0.299 e. The van der Waals surface area contributed by atoms with Gasteiger partial charge >= 0.3 is 0 Å². The standard InChI is InChI=1S/C17H24ClFO/c1-2-3-4-5-6-7-8-9-15(20)12-14-10-11-16(18)17(19)13-14/h10-11,13H,2-9,12H2,1H3. The number of rotatable bonds is 10. The molecular formula is C17H24ClFO. The van der Waals surface area contributed by atoms with Crippen LogP contribution >= 0.6 is 11.6 Å². The fourth-order valence-corrected chi connectivity index (χ4v) is 2.36. The molecule has 0 bridgehead atoms. The number of carbonyl (C=O) groups is 1. The number of Topliss-reactive ketones (excluding diaryl/α,β-unsaturated/α-hetero) is 1. The highest BCUT2D eigenvalue weighted by Gasteiger charge is 2.06. The van der Waals surface area contributed by atoms with Crippen LogP contribution in [-0.2, 0) is 11.2 Å². The molecule has 0 N–H and O–H groups in total. The van der Waals surface area contributed by atoms with E-state index in [1.54, 1.807) is 6.07 Å². The van der Waals surface area contributed by atoms with E-state index in [0.29, 0.717) is 18.4 Å². The van der Waals surface area contributed by atoms with Gasteiger partial charge in [0.2, 0.25) is 0 Å². The van der Waals surface area contributed by atoms with Gasteiger partial charge in [-0.25, -0.2) is 4.39 Å². The summed E-state index contributed by atoms with van der Waals surface area (Å²) in [5.41, 5.74) is 0.708. The topological polar surface area (TPSA) is 17.1 Å². The van der Waals surface area contributed by atoms with Crippen molar-refractivity contribution >= 4 is 17.4 Å². The molecule has 0 saturated carbocycles. The molecule has 0 unspecified atom stereocenters. The maximum absolute atomic E-state index is 13.2. The van der Waals surface area contributed by atoms with E-state index in [9.17, 15) is 9.18 Å². The van der Waals surface area contributed by atoms with Crippen LogP contribution in [0, 0.1) is 5.82 Å². The van der Waals surface area contributed by atoms with E-state index in [-0.39, 0.29) is 10.8 Å². The lowest BCUT2D eigenvalue weighted by molar-refractivity contribution is -0.118. The molecule has 1 nitrogen and oxygen atoms in total. The van der Waals surface area contributed by atoms with E-state index in [1.807, 2.05) is 0 Å². The highest BCUT2D eigenvalue weighted by Crippen LogP contribution is 2.17. The van der Waals surface area contributed by atoms with Crippen LogP contribution < -0.4 is 0 Å². The Bertz CT molecular complexity index is 417. The quantitative estimate of drug-likeness (QED) is 0.504. The second-order valence-electron chi connectivity index (χ2n) is 5.34. The first-order valence-electron chi connectivity index (χ1n) is 7.59. The summed E-state index contributed by atoms with van der Waals surface area (Å²) < 4.78 is 13.2. The molecule has 1 aromatic carbocycles. The van der Waals surface area contributed by atoms with Crippen molar-refractivity contribution in [2.24, 2.45) is 0 Å². The Kier molecular flexibility index (Phi) is 8.52. The lowest BCUT2D eigenvalue weighted by Gasteiger charge is -2.03. The zero-order chi connectivity index (χ0) is 14.8. The molecule has 0 fully saturated rings. The molecule has 112 valence electrons. The SMILES string of the molecule is CCCCCCCCCC(=O)Cc1ccc(Cl)c(F)c1. The van der Waals surface area contributed by atoms with Gasteiger partial charge < -0.3 is 0 Å².